The lowest BCUT2D eigenvalue weighted by molar-refractivity contribution is -0.118. The number of anilines is 1. The first-order chi connectivity index (χ1) is 7.84. The number of H-pyrrole nitrogens is 1. The first kappa shape index (κ1) is 10.2. The summed E-state index contributed by atoms with van der Waals surface area (Å²) in [5.41, 5.74) is 0.627. The third-order valence-corrected chi connectivity index (χ3v) is 1.90. The molecule has 0 saturated heterocycles. The molecule has 82 valence electrons. The van der Waals surface area contributed by atoms with E-state index in [-0.39, 0.29) is 12.5 Å². The van der Waals surface area contributed by atoms with Crippen LogP contribution in [0.3, 0.4) is 0 Å². The molecule has 0 bridgehead atoms. The van der Waals surface area contributed by atoms with Crippen molar-refractivity contribution in [1.29, 1.82) is 0 Å². The second-order valence-corrected chi connectivity index (χ2v) is 3.14. The number of benzene rings is 1. The van der Waals surface area contributed by atoms with Crippen molar-refractivity contribution in [3.05, 3.63) is 42.7 Å². The summed E-state index contributed by atoms with van der Waals surface area (Å²) in [6.45, 7) is -0.0187. The molecule has 2 rings (SSSR count). The summed E-state index contributed by atoms with van der Waals surface area (Å²) in [5, 5.41) is 8.95. The minimum absolute atomic E-state index is 0.0187. The molecule has 5 nitrogen and oxygen atoms in total. The highest BCUT2D eigenvalue weighted by Gasteiger charge is 2.03. The zero-order chi connectivity index (χ0) is 11.2. The molecular formula is C11H11N3O2. The maximum atomic E-state index is 11.4. The minimum atomic E-state index is -0.217. The second-order valence-electron chi connectivity index (χ2n) is 3.14. The normalized spacial score (nSPS) is 9.75. The average molecular weight is 217 g/mol. The van der Waals surface area contributed by atoms with Crippen molar-refractivity contribution in [3.63, 3.8) is 0 Å². The molecule has 0 spiro atoms. The minimum Gasteiger partial charge on any atom is -0.484 e. The molecular weight excluding hydrogens is 206 g/mol. The monoisotopic (exact) mass is 217 g/mol. The van der Waals surface area contributed by atoms with E-state index in [1.807, 2.05) is 18.2 Å². The molecule has 0 aliphatic carbocycles. The highest BCUT2D eigenvalue weighted by molar-refractivity contribution is 5.91. The average Bonchev–Trinajstić information content (AvgIpc) is 2.81. The van der Waals surface area contributed by atoms with Crippen LogP contribution in [-0.2, 0) is 4.79 Å². The van der Waals surface area contributed by atoms with E-state index in [4.69, 9.17) is 4.74 Å². The van der Waals surface area contributed by atoms with Crippen molar-refractivity contribution in [2.24, 2.45) is 0 Å². The van der Waals surface area contributed by atoms with E-state index >= 15 is 0 Å². The molecule has 0 aliphatic heterocycles. The maximum Gasteiger partial charge on any atom is 0.262 e. The lowest BCUT2D eigenvalue weighted by Crippen LogP contribution is -2.19. The van der Waals surface area contributed by atoms with Crippen molar-refractivity contribution in [1.82, 2.24) is 10.2 Å². The third-order valence-electron chi connectivity index (χ3n) is 1.90. The zero-order valence-corrected chi connectivity index (χ0v) is 8.51. The molecule has 0 aliphatic rings. The summed E-state index contributed by atoms with van der Waals surface area (Å²) >= 11 is 0. The van der Waals surface area contributed by atoms with Gasteiger partial charge in [-0.25, -0.2) is 0 Å². The molecule has 16 heavy (non-hydrogen) atoms. The third kappa shape index (κ3) is 2.84. The fourth-order valence-electron chi connectivity index (χ4n) is 1.18. The van der Waals surface area contributed by atoms with Crippen LogP contribution in [0.15, 0.2) is 42.7 Å². The number of nitrogens with zero attached hydrogens (tertiary/aromatic N) is 1. The number of ether oxygens (including phenoxy) is 1. The lowest BCUT2D eigenvalue weighted by Gasteiger charge is -2.05. The number of aromatic nitrogens is 2. The Morgan fingerprint density at radius 1 is 1.38 bits per heavy atom. The van der Waals surface area contributed by atoms with E-state index in [2.05, 4.69) is 15.5 Å². The number of aromatic amines is 1. The Morgan fingerprint density at radius 3 is 2.88 bits per heavy atom. The summed E-state index contributed by atoms with van der Waals surface area (Å²) in [7, 11) is 0. The molecule has 0 saturated carbocycles. The van der Waals surface area contributed by atoms with Crippen LogP contribution in [0.5, 0.6) is 5.75 Å². The van der Waals surface area contributed by atoms with Crippen molar-refractivity contribution >= 4 is 11.6 Å². The van der Waals surface area contributed by atoms with Crippen LogP contribution in [0.25, 0.3) is 0 Å². The number of rotatable bonds is 4. The predicted octanol–water partition coefficient (Wildman–Crippen LogP) is 1.43. The van der Waals surface area contributed by atoms with E-state index in [1.54, 1.807) is 18.3 Å². The predicted molar refractivity (Wildman–Crippen MR) is 59.2 cm³/mol. The Kier molecular flexibility index (Phi) is 3.18. The Bertz CT molecular complexity index is 440. The number of amides is 1. The summed E-state index contributed by atoms with van der Waals surface area (Å²) in [5.74, 6) is 0.454. The van der Waals surface area contributed by atoms with Gasteiger partial charge in [-0.2, -0.15) is 5.10 Å². The molecule has 0 radical (unpaired) electrons. The smallest absolute Gasteiger partial charge is 0.262 e. The number of nitrogens with one attached hydrogen (secondary N) is 2. The van der Waals surface area contributed by atoms with Crippen LogP contribution in [0.4, 0.5) is 5.69 Å². The Labute approximate surface area is 92.4 Å². The van der Waals surface area contributed by atoms with Crippen molar-refractivity contribution in [3.8, 4) is 5.75 Å². The zero-order valence-electron chi connectivity index (χ0n) is 8.51. The molecule has 1 amide bonds. The van der Waals surface area contributed by atoms with Crippen LogP contribution in [0.1, 0.15) is 0 Å². The van der Waals surface area contributed by atoms with Gasteiger partial charge < -0.3 is 10.1 Å². The van der Waals surface area contributed by atoms with Crippen molar-refractivity contribution < 1.29 is 9.53 Å². The fourth-order valence-corrected chi connectivity index (χ4v) is 1.18. The van der Waals surface area contributed by atoms with Gasteiger partial charge in [0.15, 0.2) is 6.61 Å². The van der Waals surface area contributed by atoms with Crippen LogP contribution in [-0.4, -0.2) is 22.7 Å². The second kappa shape index (κ2) is 4.97. The lowest BCUT2D eigenvalue weighted by atomic mass is 10.3. The number of carbonyl (C=O) groups is 1. The Morgan fingerprint density at radius 2 is 2.19 bits per heavy atom. The molecule has 1 aromatic heterocycles. The number of hydrogen-bond acceptors (Lipinski definition) is 3. The van der Waals surface area contributed by atoms with E-state index in [0.717, 1.165) is 0 Å². The Balaban J connectivity index is 1.80. The topological polar surface area (TPSA) is 67.0 Å². The van der Waals surface area contributed by atoms with Gasteiger partial charge in [-0.3, -0.25) is 9.89 Å². The van der Waals surface area contributed by atoms with Crippen molar-refractivity contribution in [2.75, 3.05) is 11.9 Å². The maximum absolute atomic E-state index is 11.4. The largest absolute Gasteiger partial charge is 0.484 e. The first-order valence-corrected chi connectivity index (χ1v) is 4.81. The van der Waals surface area contributed by atoms with Gasteiger partial charge in [0.1, 0.15) is 5.75 Å². The highest BCUT2D eigenvalue weighted by Crippen LogP contribution is 2.08. The quantitative estimate of drug-likeness (QED) is 0.814. The molecule has 0 fully saturated rings. The summed E-state index contributed by atoms with van der Waals surface area (Å²) in [6, 6.07) is 9.18. The van der Waals surface area contributed by atoms with E-state index in [9.17, 15) is 4.79 Å². The van der Waals surface area contributed by atoms with Gasteiger partial charge in [0.2, 0.25) is 0 Å². The van der Waals surface area contributed by atoms with Crippen LogP contribution in [0.2, 0.25) is 0 Å². The van der Waals surface area contributed by atoms with Gasteiger partial charge >= 0.3 is 0 Å². The summed E-state index contributed by atoms with van der Waals surface area (Å²) in [6.07, 6.45) is 3.13. The standard InChI is InChI=1S/C11H11N3O2/c15-11(14-9-6-12-13-7-9)8-16-10-4-2-1-3-5-10/h1-7H,8H2,(H,12,13)(H,14,15). The SMILES string of the molecule is O=C(COc1ccccc1)Nc1cn[nH]c1. The van der Waals surface area contributed by atoms with Crippen LogP contribution in [0, 0.1) is 0 Å². The van der Waals surface area contributed by atoms with Crippen molar-refractivity contribution in [2.45, 2.75) is 0 Å². The van der Waals surface area contributed by atoms with E-state index in [0.29, 0.717) is 11.4 Å². The van der Waals surface area contributed by atoms with E-state index in [1.165, 1.54) is 6.20 Å². The summed E-state index contributed by atoms with van der Waals surface area (Å²) in [4.78, 5) is 11.4. The Hall–Kier alpha value is -2.30. The van der Waals surface area contributed by atoms with Gasteiger partial charge in [0.25, 0.3) is 5.91 Å². The van der Waals surface area contributed by atoms with Crippen LogP contribution >= 0.6 is 0 Å². The molecule has 2 aromatic rings. The fraction of sp³-hybridized carbons (Fsp3) is 0.0909. The molecule has 1 heterocycles. The molecule has 5 heteroatoms. The molecule has 2 N–H and O–H groups in total. The number of para-hydroxylation sites is 1. The van der Waals surface area contributed by atoms with Gasteiger partial charge in [-0.05, 0) is 12.1 Å². The van der Waals surface area contributed by atoms with Gasteiger partial charge in [-0.15, -0.1) is 0 Å². The molecule has 0 unspecified atom stereocenters. The molecule has 1 aromatic carbocycles. The first-order valence-electron chi connectivity index (χ1n) is 4.81. The highest BCUT2D eigenvalue weighted by atomic mass is 16.5. The number of hydrogen-bond donors (Lipinski definition) is 2. The number of carbonyl (C=O) groups excluding carboxylic acids is 1. The van der Waals surface area contributed by atoms with Gasteiger partial charge in [0.05, 0.1) is 11.9 Å². The molecule has 0 atom stereocenters. The van der Waals surface area contributed by atoms with Gasteiger partial charge in [-0.1, -0.05) is 18.2 Å². The van der Waals surface area contributed by atoms with Gasteiger partial charge in [0, 0.05) is 6.20 Å². The summed E-state index contributed by atoms with van der Waals surface area (Å²) < 4.78 is 5.27. The van der Waals surface area contributed by atoms with Crippen LogP contribution < -0.4 is 10.1 Å². The van der Waals surface area contributed by atoms with E-state index < -0.39 is 0 Å².